The number of carbonyl (C=O) groups is 1. The minimum Gasteiger partial charge on any atom is -0.496 e. The normalized spacial score (nSPS) is 20.8. The lowest BCUT2D eigenvalue weighted by Gasteiger charge is -2.39. The molecule has 0 bridgehead atoms. The Balaban J connectivity index is 1.63. The maximum atomic E-state index is 13.4. The fourth-order valence-corrected chi connectivity index (χ4v) is 6.22. The van der Waals surface area contributed by atoms with Crippen molar-refractivity contribution < 1.29 is 18.7 Å². The predicted molar refractivity (Wildman–Crippen MR) is 139 cm³/mol. The molecule has 3 heterocycles. The zero-order chi connectivity index (χ0) is 25.8. The van der Waals surface area contributed by atoms with Gasteiger partial charge in [0, 0.05) is 41.5 Å². The zero-order valence-corrected chi connectivity index (χ0v) is 22.1. The van der Waals surface area contributed by atoms with Crippen LogP contribution >= 0.6 is 11.3 Å². The number of carbonyl (C=O) groups excluding carboxylic acids is 1. The lowest BCUT2D eigenvalue weighted by atomic mass is 9.78. The van der Waals surface area contributed by atoms with Crippen LogP contribution in [-0.2, 0) is 11.2 Å². The number of methoxy groups -OCH3 is 1. The summed E-state index contributed by atoms with van der Waals surface area (Å²) in [4.78, 5) is 31.0. The van der Waals surface area contributed by atoms with Gasteiger partial charge in [0.2, 0.25) is 0 Å². The van der Waals surface area contributed by atoms with Crippen molar-refractivity contribution in [1.82, 2.24) is 9.55 Å². The first-order valence-corrected chi connectivity index (χ1v) is 13.2. The lowest BCUT2D eigenvalue weighted by Crippen LogP contribution is -2.33. The molecule has 5 rings (SSSR count). The van der Waals surface area contributed by atoms with E-state index >= 15 is 0 Å². The first-order valence-electron chi connectivity index (χ1n) is 12.4. The second-order valence-corrected chi connectivity index (χ2v) is 11.8. The smallest absolute Gasteiger partial charge is 0.343 e. The molecular weight excluding hydrogens is 479 g/mol. The number of hydrogen-bond donors (Lipinski definition) is 0. The lowest BCUT2D eigenvalue weighted by molar-refractivity contribution is 0.0523. The topological polar surface area (TPSA) is 70.4 Å². The fourth-order valence-electron chi connectivity index (χ4n) is 5.16. The molecule has 1 aromatic carbocycles. The molecule has 1 aliphatic heterocycles. The third-order valence-electron chi connectivity index (χ3n) is 7.24. The van der Waals surface area contributed by atoms with Gasteiger partial charge < -0.3 is 14.0 Å². The summed E-state index contributed by atoms with van der Waals surface area (Å²) in [7, 11) is 1.63. The van der Waals surface area contributed by atoms with Crippen LogP contribution in [0.2, 0.25) is 0 Å². The van der Waals surface area contributed by atoms with Crippen molar-refractivity contribution in [3.8, 4) is 27.4 Å². The van der Waals surface area contributed by atoms with Crippen molar-refractivity contribution in [2.24, 2.45) is 5.41 Å². The Bertz CT molecular complexity index is 1380. The van der Waals surface area contributed by atoms with E-state index in [-0.39, 0.29) is 35.0 Å². The second-order valence-electron chi connectivity index (χ2n) is 10.7. The number of hydrogen-bond acceptors (Lipinski definition) is 6. The molecule has 0 saturated heterocycles. The molecule has 1 saturated carbocycles. The van der Waals surface area contributed by atoms with Crippen molar-refractivity contribution in [2.75, 3.05) is 13.7 Å². The average molecular weight is 511 g/mol. The summed E-state index contributed by atoms with van der Waals surface area (Å²) in [6.07, 6.45) is 4.60. The zero-order valence-electron chi connectivity index (χ0n) is 21.3. The second kappa shape index (κ2) is 9.14. The maximum Gasteiger partial charge on any atom is 0.343 e. The van der Waals surface area contributed by atoms with E-state index in [1.54, 1.807) is 31.6 Å². The molecule has 36 heavy (non-hydrogen) atoms. The van der Waals surface area contributed by atoms with Gasteiger partial charge in [0.25, 0.3) is 0 Å². The first-order chi connectivity index (χ1) is 17.1. The fraction of sp³-hybridized carbons (Fsp3) is 0.464. The molecule has 0 N–H and O–H groups in total. The number of rotatable bonds is 5. The third-order valence-corrected chi connectivity index (χ3v) is 8.44. The molecule has 0 amide bonds. The highest BCUT2D eigenvalue weighted by molar-refractivity contribution is 7.15. The molecule has 2 aromatic heterocycles. The Morgan fingerprint density at radius 1 is 1.22 bits per heavy atom. The molecule has 2 aliphatic rings. The number of benzene rings is 1. The average Bonchev–Trinajstić information content (AvgIpc) is 3.29. The Kier molecular flexibility index (Phi) is 6.27. The minimum atomic E-state index is -0.720. The molecule has 0 radical (unpaired) electrons. The standard InChI is InChI=1S/C28H31FN2O4S/c1-6-35-27(33)20-14-31-21(12-22(20)32)18-11-23(34-5)19(9-15(18)10-25(31)28(2,3)4)24-13-30-26(36-24)16-7-17(29)8-16/h9,11-14,16-17,25H,6-8,10H2,1-5H3. The predicted octanol–water partition coefficient (Wildman–Crippen LogP) is 6.18. The summed E-state index contributed by atoms with van der Waals surface area (Å²) >= 11 is 1.59. The van der Waals surface area contributed by atoms with E-state index in [2.05, 4.69) is 31.8 Å². The Morgan fingerprint density at radius 3 is 2.61 bits per heavy atom. The van der Waals surface area contributed by atoms with Crippen molar-refractivity contribution in [1.29, 1.82) is 0 Å². The summed E-state index contributed by atoms with van der Waals surface area (Å²) < 4.78 is 26.3. The van der Waals surface area contributed by atoms with E-state index in [1.807, 2.05) is 16.8 Å². The summed E-state index contributed by atoms with van der Waals surface area (Å²) in [5, 5.41) is 0.967. The summed E-state index contributed by atoms with van der Waals surface area (Å²) in [6, 6.07) is 5.66. The SMILES string of the molecule is CCOC(=O)c1cn2c(cc1=O)-c1cc(OC)c(-c3cnc(C4CC(F)C4)s3)cc1CC2C(C)(C)C. The van der Waals surface area contributed by atoms with Crippen LogP contribution in [0.15, 0.2) is 35.4 Å². The van der Waals surface area contributed by atoms with Crippen molar-refractivity contribution in [3.05, 3.63) is 57.0 Å². The van der Waals surface area contributed by atoms with E-state index in [0.29, 0.717) is 18.6 Å². The van der Waals surface area contributed by atoms with Crippen molar-refractivity contribution in [2.45, 2.75) is 65.1 Å². The van der Waals surface area contributed by atoms with Gasteiger partial charge in [0.15, 0.2) is 5.43 Å². The Labute approximate surface area is 214 Å². The van der Waals surface area contributed by atoms with Gasteiger partial charge in [-0.25, -0.2) is 14.2 Å². The summed E-state index contributed by atoms with van der Waals surface area (Å²) in [6.45, 7) is 8.41. The van der Waals surface area contributed by atoms with Crippen molar-refractivity contribution in [3.63, 3.8) is 0 Å². The van der Waals surface area contributed by atoms with Crippen LogP contribution in [0.1, 0.15) is 73.4 Å². The first kappa shape index (κ1) is 24.7. The third kappa shape index (κ3) is 4.25. The highest BCUT2D eigenvalue weighted by Gasteiger charge is 2.35. The largest absolute Gasteiger partial charge is 0.496 e. The number of halogens is 1. The molecule has 6 nitrogen and oxygen atoms in total. The molecule has 190 valence electrons. The number of pyridine rings is 1. The molecule has 8 heteroatoms. The van der Waals surface area contributed by atoms with Gasteiger partial charge in [-0.15, -0.1) is 11.3 Å². The summed E-state index contributed by atoms with van der Waals surface area (Å²) in [5.41, 5.74) is 3.27. The highest BCUT2D eigenvalue weighted by atomic mass is 32.1. The van der Waals surface area contributed by atoms with Gasteiger partial charge in [0.05, 0.1) is 29.3 Å². The Hall–Kier alpha value is -3.00. The molecular formula is C28H31FN2O4S. The minimum absolute atomic E-state index is 0.0171. The highest BCUT2D eigenvalue weighted by Crippen LogP contribution is 2.48. The Morgan fingerprint density at radius 2 is 1.97 bits per heavy atom. The quantitative estimate of drug-likeness (QED) is 0.383. The molecule has 1 aliphatic carbocycles. The number of esters is 1. The number of fused-ring (bicyclic) bond motifs is 3. The number of nitrogens with zero attached hydrogens (tertiary/aromatic N) is 2. The summed E-state index contributed by atoms with van der Waals surface area (Å²) in [5.74, 6) is 0.277. The van der Waals surface area contributed by atoms with Crippen LogP contribution in [0, 0.1) is 5.41 Å². The molecule has 1 fully saturated rings. The van der Waals surface area contributed by atoms with Crippen LogP contribution in [0.5, 0.6) is 5.75 Å². The monoisotopic (exact) mass is 510 g/mol. The number of alkyl halides is 1. The van der Waals surface area contributed by atoms with Crippen LogP contribution in [0.4, 0.5) is 4.39 Å². The number of ether oxygens (including phenoxy) is 2. The van der Waals surface area contributed by atoms with Gasteiger partial charge in [-0.1, -0.05) is 20.8 Å². The van der Waals surface area contributed by atoms with E-state index in [4.69, 9.17) is 9.47 Å². The molecule has 0 spiro atoms. The van der Waals surface area contributed by atoms with Gasteiger partial charge in [-0.05, 0) is 49.3 Å². The van der Waals surface area contributed by atoms with Crippen LogP contribution < -0.4 is 10.2 Å². The van der Waals surface area contributed by atoms with E-state index in [1.165, 1.54) is 6.07 Å². The molecule has 3 aromatic rings. The molecule has 1 atom stereocenters. The number of thiazole rings is 1. The van der Waals surface area contributed by atoms with Gasteiger partial charge in [-0.2, -0.15) is 0 Å². The van der Waals surface area contributed by atoms with E-state index in [9.17, 15) is 14.0 Å². The van der Waals surface area contributed by atoms with E-state index < -0.39 is 12.1 Å². The number of aromatic nitrogens is 2. The van der Waals surface area contributed by atoms with Gasteiger partial charge in [0.1, 0.15) is 17.5 Å². The van der Waals surface area contributed by atoms with Gasteiger partial charge >= 0.3 is 5.97 Å². The molecule has 1 unspecified atom stereocenters. The van der Waals surface area contributed by atoms with E-state index in [0.717, 1.165) is 38.7 Å². The van der Waals surface area contributed by atoms with Gasteiger partial charge in [-0.3, -0.25) is 4.79 Å². The van der Waals surface area contributed by atoms with Crippen LogP contribution in [0.25, 0.3) is 21.7 Å². The van der Waals surface area contributed by atoms with Crippen LogP contribution in [-0.4, -0.2) is 35.4 Å². The van der Waals surface area contributed by atoms with Crippen LogP contribution in [0.3, 0.4) is 0 Å². The van der Waals surface area contributed by atoms with Crippen molar-refractivity contribution >= 4 is 17.3 Å². The maximum absolute atomic E-state index is 13.4.